The van der Waals surface area contributed by atoms with Gasteiger partial charge in [-0.15, -0.1) is 5.10 Å². The Kier molecular flexibility index (Phi) is 8.62. The molecule has 2 aromatic rings. The van der Waals surface area contributed by atoms with Gasteiger partial charge in [-0.05, 0) is 30.0 Å². The zero-order valence-electron chi connectivity index (χ0n) is 17.2. The van der Waals surface area contributed by atoms with E-state index < -0.39 is 11.9 Å². The van der Waals surface area contributed by atoms with Gasteiger partial charge in [0, 0.05) is 33.3 Å². The second kappa shape index (κ2) is 11.4. The fraction of sp³-hybridized carbons (Fsp3) is 0.143. The first-order chi connectivity index (χ1) is 15.8. The molecule has 1 N–H and O–H groups in total. The number of halogens is 3. The van der Waals surface area contributed by atoms with Crippen LogP contribution in [0.1, 0.15) is 11.1 Å². The van der Waals surface area contributed by atoms with Gasteiger partial charge in [0.05, 0.1) is 30.4 Å². The number of amides is 1. The van der Waals surface area contributed by atoms with E-state index in [-0.39, 0.29) is 16.7 Å². The van der Waals surface area contributed by atoms with Gasteiger partial charge < -0.3 is 14.2 Å². The maximum Gasteiger partial charge on any atom is 0.331 e. The first kappa shape index (κ1) is 24.9. The molecule has 0 spiro atoms. The lowest BCUT2D eigenvalue weighted by molar-refractivity contribution is -0.135. The number of rotatable bonds is 7. The second-order valence-electron chi connectivity index (χ2n) is 6.29. The Morgan fingerprint density at radius 3 is 2.61 bits per heavy atom. The van der Waals surface area contributed by atoms with Gasteiger partial charge >= 0.3 is 5.97 Å². The zero-order valence-corrected chi connectivity index (χ0v) is 20.3. The smallest absolute Gasteiger partial charge is 0.331 e. The zero-order chi connectivity index (χ0) is 24.0. The summed E-state index contributed by atoms with van der Waals surface area (Å²) in [6.07, 6.45) is 2.47. The summed E-state index contributed by atoms with van der Waals surface area (Å²) in [5.41, 5.74) is 1.26. The Balaban J connectivity index is 1.72. The van der Waals surface area contributed by atoms with Crippen LogP contribution >= 0.6 is 46.6 Å². The van der Waals surface area contributed by atoms with E-state index in [1.165, 1.54) is 20.4 Å². The number of carbonyl (C=O) groups is 2. The van der Waals surface area contributed by atoms with Gasteiger partial charge in [-0.3, -0.25) is 10.1 Å². The van der Waals surface area contributed by atoms with Crippen LogP contribution in [-0.4, -0.2) is 37.5 Å². The molecule has 8 nitrogen and oxygen atoms in total. The van der Waals surface area contributed by atoms with E-state index in [0.717, 1.165) is 23.4 Å². The highest BCUT2D eigenvalue weighted by Gasteiger charge is 2.25. The molecule has 0 aromatic heterocycles. The summed E-state index contributed by atoms with van der Waals surface area (Å²) in [6, 6.07) is 8.34. The molecule has 0 bridgehead atoms. The average Bonchev–Trinajstić information content (AvgIpc) is 3.13. The van der Waals surface area contributed by atoms with Crippen molar-refractivity contribution in [1.29, 1.82) is 0 Å². The summed E-state index contributed by atoms with van der Waals surface area (Å²) in [5.74, 6) is -0.281. The van der Waals surface area contributed by atoms with E-state index >= 15 is 0 Å². The Hall–Kier alpha value is -2.72. The van der Waals surface area contributed by atoms with Crippen LogP contribution in [0.3, 0.4) is 0 Å². The monoisotopic (exact) mass is 527 g/mol. The number of thioether (sulfide) groups is 1. The van der Waals surface area contributed by atoms with Crippen molar-refractivity contribution in [2.45, 2.75) is 6.61 Å². The van der Waals surface area contributed by atoms with Crippen molar-refractivity contribution >= 4 is 69.8 Å². The molecule has 2 aromatic carbocycles. The van der Waals surface area contributed by atoms with E-state index in [4.69, 9.17) is 44.3 Å². The molecule has 1 fully saturated rings. The third kappa shape index (κ3) is 6.64. The standard InChI is InChI=1S/C21H16Cl3N3O5S/c1-30-16-5-12(9-25-27-21-26-20(29)18(33-21)8-19(28)31-2)15(24)7-17(16)32-10-11-3-4-13(22)6-14(11)23/h3-9H,10H2,1-2H3,(H,26,27,29)/b18-8+,25-9?. The van der Waals surface area contributed by atoms with Crippen LogP contribution in [0.2, 0.25) is 15.1 Å². The molecule has 0 atom stereocenters. The van der Waals surface area contributed by atoms with Gasteiger partial charge in [0.15, 0.2) is 16.7 Å². The Morgan fingerprint density at radius 1 is 1.12 bits per heavy atom. The van der Waals surface area contributed by atoms with Gasteiger partial charge in [-0.25, -0.2) is 4.79 Å². The van der Waals surface area contributed by atoms with Gasteiger partial charge in [0.25, 0.3) is 5.91 Å². The number of esters is 1. The number of hydrogen-bond acceptors (Lipinski definition) is 8. The number of methoxy groups -OCH3 is 2. The van der Waals surface area contributed by atoms with Crippen LogP contribution in [0.25, 0.3) is 0 Å². The molecule has 172 valence electrons. The molecule has 0 saturated carbocycles. The molecule has 1 aliphatic rings. The highest BCUT2D eigenvalue weighted by Crippen LogP contribution is 2.34. The Morgan fingerprint density at radius 2 is 1.91 bits per heavy atom. The molecule has 3 rings (SSSR count). The number of amidine groups is 1. The normalized spacial score (nSPS) is 15.8. The molecule has 1 heterocycles. The third-order valence-corrected chi connectivity index (χ3v) is 5.94. The quantitative estimate of drug-likeness (QED) is 0.239. The molecule has 1 aliphatic heterocycles. The minimum absolute atomic E-state index is 0.151. The van der Waals surface area contributed by atoms with Crippen LogP contribution in [0.15, 0.2) is 51.5 Å². The van der Waals surface area contributed by atoms with Crippen molar-refractivity contribution in [3.05, 3.63) is 67.5 Å². The number of nitrogens with one attached hydrogen (secondary N) is 1. The molecule has 33 heavy (non-hydrogen) atoms. The summed E-state index contributed by atoms with van der Waals surface area (Å²) in [4.78, 5) is 23.3. The minimum atomic E-state index is -0.642. The minimum Gasteiger partial charge on any atom is -0.493 e. The molecule has 1 amide bonds. The molecule has 0 aliphatic carbocycles. The molecule has 0 radical (unpaired) electrons. The van der Waals surface area contributed by atoms with E-state index in [0.29, 0.717) is 32.1 Å². The van der Waals surface area contributed by atoms with Gasteiger partial charge in [0.1, 0.15) is 6.61 Å². The predicted molar refractivity (Wildman–Crippen MR) is 130 cm³/mol. The maximum absolute atomic E-state index is 11.8. The average molecular weight is 529 g/mol. The van der Waals surface area contributed by atoms with Crippen molar-refractivity contribution in [2.24, 2.45) is 10.2 Å². The lowest BCUT2D eigenvalue weighted by Crippen LogP contribution is -2.19. The highest BCUT2D eigenvalue weighted by atomic mass is 35.5. The van der Waals surface area contributed by atoms with E-state index in [1.54, 1.807) is 30.3 Å². The van der Waals surface area contributed by atoms with Crippen molar-refractivity contribution in [3.8, 4) is 11.5 Å². The number of benzene rings is 2. The van der Waals surface area contributed by atoms with Crippen LogP contribution in [0, 0.1) is 0 Å². The number of ether oxygens (including phenoxy) is 3. The Bertz CT molecular complexity index is 1180. The lowest BCUT2D eigenvalue weighted by atomic mass is 10.2. The topological polar surface area (TPSA) is 98.6 Å². The van der Waals surface area contributed by atoms with Crippen molar-refractivity contribution in [3.63, 3.8) is 0 Å². The van der Waals surface area contributed by atoms with Crippen LogP contribution in [-0.2, 0) is 20.9 Å². The summed E-state index contributed by atoms with van der Waals surface area (Å²) < 4.78 is 15.7. The fourth-order valence-electron chi connectivity index (χ4n) is 2.50. The molecular formula is C21H16Cl3N3O5S. The number of hydrogen-bond donors (Lipinski definition) is 1. The summed E-state index contributed by atoms with van der Waals surface area (Å²) in [6.45, 7) is 0.183. The SMILES string of the molecule is COC(=O)/C=C1/S/C(=N\N=Cc2cc(OC)c(OCc3ccc(Cl)cc3Cl)cc2Cl)NC1=O. The highest BCUT2D eigenvalue weighted by molar-refractivity contribution is 8.18. The summed E-state index contributed by atoms with van der Waals surface area (Å²) >= 11 is 19.4. The largest absolute Gasteiger partial charge is 0.493 e. The van der Waals surface area contributed by atoms with E-state index in [2.05, 4.69) is 20.3 Å². The molecular weight excluding hydrogens is 513 g/mol. The molecule has 12 heteroatoms. The molecule has 0 unspecified atom stereocenters. The van der Waals surface area contributed by atoms with Gasteiger partial charge in [-0.2, -0.15) is 5.10 Å². The van der Waals surface area contributed by atoms with Crippen LogP contribution in [0.4, 0.5) is 0 Å². The van der Waals surface area contributed by atoms with Crippen molar-refractivity contribution in [2.75, 3.05) is 14.2 Å². The third-order valence-electron chi connectivity index (χ3n) is 4.13. The fourth-order valence-corrected chi connectivity index (χ4v) is 3.91. The molecule has 1 saturated heterocycles. The van der Waals surface area contributed by atoms with Crippen LogP contribution < -0.4 is 14.8 Å². The first-order valence-electron chi connectivity index (χ1n) is 9.15. The van der Waals surface area contributed by atoms with Gasteiger partial charge in [0.2, 0.25) is 0 Å². The second-order valence-corrected chi connectivity index (χ2v) is 8.57. The number of carbonyl (C=O) groups excluding carboxylic acids is 2. The maximum atomic E-state index is 11.8. The van der Waals surface area contributed by atoms with E-state index in [9.17, 15) is 9.59 Å². The van der Waals surface area contributed by atoms with Crippen LogP contribution in [0.5, 0.6) is 11.5 Å². The summed E-state index contributed by atoms with van der Waals surface area (Å²) in [7, 11) is 2.71. The summed E-state index contributed by atoms with van der Waals surface area (Å²) in [5, 5.41) is 11.9. The predicted octanol–water partition coefficient (Wildman–Crippen LogP) is 4.84. The van der Waals surface area contributed by atoms with E-state index in [1.807, 2.05) is 0 Å². The van der Waals surface area contributed by atoms with Gasteiger partial charge in [-0.1, -0.05) is 40.9 Å². The van der Waals surface area contributed by atoms with Crippen molar-refractivity contribution in [1.82, 2.24) is 5.32 Å². The first-order valence-corrected chi connectivity index (χ1v) is 11.1. The van der Waals surface area contributed by atoms with Crippen molar-refractivity contribution < 1.29 is 23.8 Å². The number of nitrogens with zero attached hydrogens (tertiary/aromatic N) is 2. The Labute approximate surface area is 208 Å². The lowest BCUT2D eigenvalue weighted by Gasteiger charge is -2.13.